The first kappa shape index (κ1) is 23.5. The Hall–Kier alpha value is -3.64. The first-order chi connectivity index (χ1) is 16.5. The molecular weight excluding hydrogens is 428 g/mol. The van der Waals surface area contributed by atoms with Gasteiger partial charge in [0.25, 0.3) is 11.8 Å². The number of carbonyl (C=O) groups excluding carboxylic acids is 2. The van der Waals surface area contributed by atoms with Crippen molar-refractivity contribution in [2.24, 2.45) is 5.92 Å². The van der Waals surface area contributed by atoms with E-state index in [0.717, 1.165) is 17.7 Å². The fourth-order valence-electron chi connectivity index (χ4n) is 3.81. The monoisotopic (exact) mass is 458 g/mol. The number of fused-ring (bicyclic) bond motifs is 1. The lowest BCUT2D eigenvalue weighted by Gasteiger charge is -2.26. The standard InChI is InChI=1S/C28H30N2O4/c1-19(2)18-34-24-13-9-22(10-14-24)28(32)30-23-11-7-21(8-12-23)27(31)29-17-26-25-6-4-3-5-20(25)15-16-33-26/h3-14,19,26H,15-18H2,1-2H3,(H,29,31)(H,30,32)/t26-/m0/s1. The molecule has 0 unspecified atom stereocenters. The lowest BCUT2D eigenvalue weighted by atomic mass is 9.97. The van der Waals surface area contributed by atoms with Crippen LogP contribution in [0.2, 0.25) is 0 Å². The molecule has 0 aromatic heterocycles. The summed E-state index contributed by atoms with van der Waals surface area (Å²) in [6.07, 6.45) is 0.749. The number of rotatable bonds is 8. The minimum atomic E-state index is -0.222. The summed E-state index contributed by atoms with van der Waals surface area (Å²) < 4.78 is 11.5. The first-order valence-electron chi connectivity index (χ1n) is 11.6. The normalized spacial score (nSPS) is 14.9. The third kappa shape index (κ3) is 6.02. The van der Waals surface area contributed by atoms with Crippen LogP contribution in [0.4, 0.5) is 5.69 Å². The Labute approximate surface area is 200 Å². The van der Waals surface area contributed by atoms with E-state index in [9.17, 15) is 9.59 Å². The Kier molecular flexibility index (Phi) is 7.60. The number of amides is 2. The van der Waals surface area contributed by atoms with E-state index < -0.39 is 0 Å². The van der Waals surface area contributed by atoms with E-state index in [1.54, 1.807) is 48.5 Å². The van der Waals surface area contributed by atoms with Crippen LogP contribution in [0.5, 0.6) is 5.75 Å². The predicted molar refractivity (Wildman–Crippen MR) is 132 cm³/mol. The van der Waals surface area contributed by atoms with E-state index >= 15 is 0 Å². The SMILES string of the molecule is CC(C)COc1ccc(C(=O)Nc2ccc(C(=O)NC[C@@H]3OCCc4ccccc43)cc2)cc1. The fraction of sp³-hybridized carbons (Fsp3) is 0.286. The average Bonchev–Trinajstić information content (AvgIpc) is 2.86. The van der Waals surface area contributed by atoms with Crippen molar-refractivity contribution in [1.82, 2.24) is 5.32 Å². The molecule has 0 aliphatic carbocycles. The third-order valence-corrected chi connectivity index (χ3v) is 5.65. The number of benzene rings is 3. The molecule has 2 amide bonds. The molecule has 1 aliphatic rings. The lowest BCUT2D eigenvalue weighted by Crippen LogP contribution is -2.31. The number of nitrogens with one attached hydrogen (secondary N) is 2. The third-order valence-electron chi connectivity index (χ3n) is 5.65. The molecule has 6 heteroatoms. The molecule has 4 rings (SSSR count). The summed E-state index contributed by atoms with van der Waals surface area (Å²) in [6, 6.07) is 22.1. The van der Waals surface area contributed by atoms with Crippen molar-refractivity contribution >= 4 is 17.5 Å². The van der Waals surface area contributed by atoms with E-state index in [0.29, 0.717) is 42.5 Å². The van der Waals surface area contributed by atoms with Gasteiger partial charge in [-0.3, -0.25) is 9.59 Å². The predicted octanol–water partition coefficient (Wildman–Crippen LogP) is 5.02. The molecule has 6 nitrogen and oxygen atoms in total. The van der Waals surface area contributed by atoms with Crippen LogP contribution in [0.25, 0.3) is 0 Å². The zero-order valence-corrected chi connectivity index (χ0v) is 19.5. The largest absolute Gasteiger partial charge is 0.493 e. The van der Waals surface area contributed by atoms with Crippen LogP contribution in [0, 0.1) is 5.92 Å². The minimum absolute atomic E-state index is 0.144. The highest BCUT2D eigenvalue weighted by Crippen LogP contribution is 2.26. The quantitative estimate of drug-likeness (QED) is 0.497. The Morgan fingerprint density at radius 1 is 0.941 bits per heavy atom. The average molecular weight is 459 g/mol. The van der Waals surface area contributed by atoms with E-state index in [4.69, 9.17) is 9.47 Å². The fourth-order valence-corrected chi connectivity index (χ4v) is 3.81. The molecule has 0 radical (unpaired) electrons. The van der Waals surface area contributed by atoms with Crippen molar-refractivity contribution < 1.29 is 19.1 Å². The van der Waals surface area contributed by atoms with Crippen LogP contribution in [-0.2, 0) is 11.2 Å². The molecule has 0 spiro atoms. The maximum atomic E-state index is 12.6. The number of anilines is 1. The van der Waals surface area contributed by atoms with Gasteiger partial charge in [0, 0.05) is 23.4 Å². The molecule has 3 aromatic carbocycles. The summed E-state index contributed by atoms with van der Waals surface area (Å²) in [5.41, 5.74) is 4.07. The number of hydrogen-bond donors (Lipinski definition) is 2. The molecule has 0 bridgehead atoms. The summed E-state index contributed by atoms with van der Waals surface area (Å²) >= 11 is 0. The summed E-state index contributed by atoms with van der Waals surface area (Å²) in [5, 5.41) is 5.81. The summed E-state index contributed by atoms with van der Waals surface area (Å²) in [7, 11) is 0. The highest BCUT2D eigenvalue weighted by atomic mass is 16.5. The van der Waals surface area contributed by atoms with Crippen molar-refractivity contribution in [3.8, 4) is 5.75 Å². The van der Waals surface area contributed by atoms with Gasteiger partial charge in [-0.1, -0.05) is 38.1 Å². The second-order valence-corrected chi connectivity index (χ2v) is 8.78. The molecule has 34 heavy (non-hydrogen) atoms. The van der Waals surface area contributed by atoms with Crippen molar-refractivity contribution in [3.05, 3.63) is 95.1 Å². The Bertz CT molecular complexity index is 1120. The van der Waals surface area contributed by atoms with Gasteiger partial charge in [-0.25, -0.2) is 0 Å². The van der Waals surface area contributed by atoms with Crippen molar-refractivity contribution in [3.63, 3.8) is 0 Å². The van der Waals surface area contributed by atoms with Gasteiger partial charge in [0.05, 0.1) is 13.2 Å². The molecule has 1 atom stereocenters. The van der Waals surface area contributed by atoms with E-state index in [-0.39, 0.29) is 17.9 Å². The van der Waals surface area contributed by atoms with Crippen molar-refractivity contribution in [2.75, 3.05) is 25.1 Å². The molecule has 176 valence electrons. The molecule has 1 heterocycles. The smallest absolute Gasteiger partial charge is 0.255 e. The Balaban J connectivity index is 1.30. The van der Waals surface area contributed by atoms with Crippen LogP contribution in [0.3, 0.4) is 0 Å². The molecule has 0 saturated heterocycles. The second-order valence-electron chi connectivity index (χ2n) is 8.78. The highest BCUT2D eigenvalue weighted by Gasteiger charge is 2.21. The zero-order valence-electron chi connectivity index (χ0n) is 19.5. The Morgan fingerprint density at radius 2 is 1.62 bits per heavy atom. The highest BCUT2D eigenvalue weighted by molar-refractivity contribution is 6.04. The van der Waals surface area contributed by atoms with Crippen LogP contribution in [0.15, 0.2) is 72.8 Å². The first-order valence-corrected chi connectivity index (χ1v) is 11.6. The summed E-state index contributed by atoms with van der Waals surface area (Å²) in [5.74, 6) is 0.773. The van der Waals surface area contributed by atoms with E-state index in [2.05, 4.69) is 36.6 Å². The van der Waals surface area contributed by atoms with Gasteiger partial charge < -0.3 is 20.1 Å². The van der Waals surface area contributed by atoms with Crippen molar-refractivity contribution in [2.45, 2.75) is 26.4 Å². The topological polar surface area (TPSA) is 76.7 Å². The van der Waals surface area contributed by atoms with Crippen molar-refractivity contribution in [1.29, 1.82) is 0 Å². The number of carbonyl (C=O) groups is 2. The number of hydrogen-bond acceptors (Lipinski definition) is 4. The second kappa shape index (κ2) is 11.0. The molecular formula is C28H30N2O4. The van der Waals surface area contributed by atoms with E-state index in [1.807, 2.05) is 12.1 Å². The maximum Gasteiger partial charge on any atom is 0.255 e. The van der Waals surface area contributed by atoms with Crippen LogP contribution >= 0.6 is 0 Å². The molecule has 1 aliphatic heterocycles. The molecule has 0 fully saturated rings. The maximum absolute atomic E-state index is 12.6. The van der Waals surface area contributed by atoms with Gasteiger partial charge in [0.2, 0.25) is 0 Å². The molecule has 0 saturated carbocycles. The summed E-state index contributed by atoms with van der Waals surface area (Å²) in [4.78, 5) is 25.2. The van der Waals surface area contributed by atoms with E-state index in [1.165, 1.54) is 5.56 Å². The Morgan fingerprint density at radius 3 is 2.35 bits per heavy atom. The molecule has 3 aromatic rings. The number of ether oxygens (including phenoxy) is 2. The van der Waals surface area contributed by atoms with Crippen LogP contribution in [-0.4, -0.2) is 31.6 Å². The van der Waals surface area contributed by atoms with Gasteiger partial charge in [-0.05, 0) is 72.0 Å². The molecule has 2 N–H and O–H groups in total. The minimum Gasteiger partial charge on any atom is -0.493 e. The van der Waals surface area contributed by atoms with Crippen LogP contribution < -0.4 is 15.4 Å². The van der Waals surface area contributed by atoms with Crippen LogP contribution in [0.1, 0.15) is 51.8 Å². The van der Waals surface area contributed by atoms with Gasteiger partial charge >= 0.3 is 0 Å². The van der Waals surface area contributed by atoms with Gasteiger partial charge in [-0.15, -0.1) is 0 Å². The zero-order chi connectivity index (χ0) is 23.9. The van der Waals surface area contributed by atoms with Gasteiger partial charge in [0.15, 0.2) is 0 Å². The lowest BCUT2D eigenvalue weighted by molar-refractivity contribution is 0.0411. The summed E-state index contributed by atoms with van der Waals surface area (Å²) in [6.45, 7) is 5.86. The van der Waals surface area contributed by atoms with Gasteiger partial charge in [0.1, 0.15) is 11.9 Å². The van der Waals surface area contributed by atoms with Gasteiger partial charge in [-0.2, -0.15) is 0 Å².